The van der Waals surface area contributed by atoms with Gasteiger partial charge in [-0.3, -0.25) is 4.72 Å². The maximum atomic E-state index is 13.2. The van der Waals surface area contributed by atoms with Crippen molar-refractivity contribution in [1.29, 1.82) is 0 Å². The first kappa shape index (κ1) is 16.1. The van der Waals surface area contributed by atoms with Gasteiger partial charge in [0.2, 0.25) is 0 Å². The van der Waals surface area contributed by atoms with Crippen molar-refractivity contribution < 1.29 is 22.6 Å². The third-order valence-corrected chi connectivity index (χ3v) is 5.76. The highest BCUT2D eigenvalue weighted by Crippen LogP contribution is 2.44. The smallest absolute Gasteiger partial charge is 0.266 e. The first-order chi connectivity index (χ1) is 12.1. The number of hydrogen-bond donors (Lipinski definition) is 1. The Morgan fingerprint density at radius 1 is 1.16 bits per heavy atom. The molecular weight excluding hydrogens is 342 g/mol. The highest BCUT2D eigenvalue weighted by molar-refractivity contribution is 7.93. The summed E-state index contributed by atoms with van der Waals surface area (Å²) in [7, 11) is -3.84. The number of ether oxygens (including phenoxy) is 3. The van der Waals surface area contributed by atoms with E-state index in [1.807, 2.05) is 13.0 Å². The van der Waals surface area contributed by atoms with Gasteiger partial charge in [-0.2, -0.15) is 0 Å². The molecule has 0 aromatic heterocycles. The van der Waals surface area contributed by atoms with Gasteiger partial charge >= 0.3 is 0 Å². The van der Waals surface area contributed by atoms with E-state index in [-0.39, 0.29) is 4.90 Å². The van der Waals surface area contributed by atoms with Crippen molar-refractivity contribution in [3.05, 3.63) is 41.5 Å². The molecule has 2 aromatic carbocycles. The van der Waals surface area contributed by atoms with E-state index in [1.165, 1.54) is 0 Å². The van der Waals surface area contributed by atoms with Crippen LogP contribution in [0, 0.1) is 0 Å². The Hall–Kier alpha value is -2.41. The summed E-state index contributed by atoms with van der Waals surface area (Å²) in [5.41, 5.74) is 1.97. The summed E-state index contributed by atoms with van der Waals surface area (Å²) < 4.78 is 45.8. The van der Waals surface area contributed by atoms with Crippen LogP contribution in [0.3, 0.4) is 0 Å². The van der Waals surface area contributed by atoms with Crippen molar-refractivity contribution in [3.8, 4) is 17.2 Å². The molecule has 2 aliphatic heterocycles. The Bertz CT molecular complexity index is 891. The highest BCUT2D eigenvalue weighted by atomic mass is 32.2. The Labute approximate surface area is 146 Å². The second-order valence-corrected chi connectivity index (χ2v) is 7.52. The number of nitrogens with one attached hydrogen (secondary N) is 1. The lowest BCUT2D eigenvalue weighted by Gasteiger charge is -2.16. The minimum atomic E-state index is -3.84. The van der Waals surface area contributed by atoms with E-state index in [0.29, 0.717) is 61.2 Å². The van der Waals surface area contributed by atoms with Gasteiger partial charge in [0.25, 0.3) is 10.0 Å². The fraction of sp³-hybridized carbons (Fsp3) is 0.333. The molecule has 0 saturated heterocycles. The Kier molecular flexibility index (Phi) is 3.95. The molecule has 7 heteroatoms. The predicted molar refractivity (Wildman–Crippen MR) is 93.3 cm³/mol. The Morgan fingerprint density at radius 2 is 1.96 bits per heavy atom. The van der Waals surface area contributed by atoms with Crippen molar-refractivity contribution in [2.75, 3.05) is 24.5 Å². The number of benzene rings is 2. The molecule has 2 aliphatic rings. The van der Waals surface area contributed by atoms with Crippen LogP contribution < -0.4 is 18.9 Å². The zero-order chi connectivity index (χ0) is 17.4. The second kappa shape index (κ2) is 6.15. The van der Waals surface area contributed by atoms with Crippen LogP contribution in [0.4, 0.5) is 5.69 Å². The summed E-state index contributed by atoms with van der Waals surface area (Å²) in [6.45, 7) is 3.27. The predicted octanol–water partition coefficient (Wildman–Crippen LogP) is 2.76. The molecule has 0 spiro atoms. The van der Waals surface area contributed by atoms with Crippen molar-refractivity contribution in [1.82, 2.24) is 0 Å². The molecule has 0 amide bonds. The summed E-state index contributed by atoms with van der Waals surface area (Å²) in [4.78, 5) is 0.196. The average molecular weight is 361 g/mol. The van der Waals surface area contributed by atoms with Gasteiger partial charge in [0, 0.05) is 24.0 Å². The fourth-order valence-corrected chi connectivity index (χ4v) is 4.77. The van der Waals surface area contributed by atoms with Crippen LogP contribution in [0.15, 0.2) is 35.2 Å². The molecule has 0 aliphatic carbocycles. The zero-order valence-electron chi connectivity index (χ0n) is 13.9. The number of sulfonamides is 1. The third-order valence-electron chi connectivity index (χ3n) is 4.30. The highest BCUT2D eigenvalue weighted by Gasteiger charge is 2.34. The van der Waals surface area contributed by atoms with Crippen molar-refractivity contribution in [2.45, 2.75) is 24.7 Å². The molecule has 132 valence electrons. The van der Waals surface area contributed by atoms with Gasteiger partial charge in [-0.05, 0) is 25.1 Å². The summed E-state index contributed by atoms with van der Waals surface area (Å²) in [6.07, 6.45) is 1.24. The lowest BCUT2D eigenvalue weighted by Crippen LogP contribution is -2.16. The van der Waals surface area contributed by atoms with Crippen LogP contribution in [0.1, 0.15) is 18.1 Å². The Morgan fingerprint density at radius 3 is 2.80 bits per heavy atom. The largest absolute Gasteiger partial charge is 0.493 e. The van der Waals surface area contributed by atoms with Gasteiger partial charge in [0.05, 0.1) is 25.5 Å². The number of para-hydroxylation sites is 2. The average Bonchev–Trinajstić information content (AvgIpc) is 3.22. The molecule has 0 fully saturated rings. The van der Waals surface area contributed by atoms with E-state index in [4.69, 9.17) is 14.2 Å². The van der Waals surface area contributed by atoms with Crippen LogP contribution in [0.25, 0.3) is 0 Å². The number of rotatable bonds is 5. The molecule has 0 saturated carbocycles. The lowest BCUT2D eigenvalue weighted by atomic mass is 10.1. The molecule has 6 nitrogen and oxygen atoms in total. The summed E-state index contributed by atoms with van der Waals surface area (Å²) in [6, 6.07) is 8.89. The molecule has 0 atom stereocenters. The summed E-state index contributed by atoms with van der Waals surface area (Å²) >= 11 is 0. The normalized spacial score (nSPS) is 15.1. The Balaban J connectivity index is 1.80. The molecule has 4 rings (SSSR count). The van der Waals surface area contributed by atoms with Crippen LogP contribution >= 0.6 is 0 Å². The van der Waals surface area contributed by atoms with Gasteiger partial charge in [0.1, 0.15) is 22.1 Å². The van der Waals surface area contributed by atoms with E-state index >= 15 is 0 Å². The van der Waals surface area contributed by atoms with Crippen LogP contribution in [0.2, 0.25) is 0 Å². The van der Waals surface area contributed by atoms with Gasteiger partial charge in [-0.1, -0.05) is 12.1 Å². The third kappa shape index (κ3) is 2.78. The molecule has 25 heavy (non-hydrogen) atoms. The van der Waals surface area contributed by atoms with E-state index in [0.717, 1.165) is 5.56 Å². The van der Waals surface area contributed by atoms with Gasteiger partial charge in [0.15, 0.2) is 0 Å². The first-order valence-electron chi connectivity index (χ1n) is 8.29. The van der Waals surface area contributed by atoms with E-state index in [2.05, 4.69) is 4.72 Å². The molecule has 2 heterocycles. The van der Waals surface area contributed by atoms with Gasteiger partial charge in [-0.15, -0.1) is 0 Å². The number of hydrogen-bond acceptors (Lipinski definition) is 5. The van der Waals surface area contributed by atoms with Gasteiger partial charge in [-0.25, -0.2) is 8.42 Å². The van der Waals surface area contributed by atoms with Crippen LogP contribution in [-0.4, -0.2) is 28.2 Å². The standard InChI is InChI=1S/C18H19NO5S/c1-2-22-15-6-4-3-5-14(15)19-25(20,21)18-13-8-10-23-16(13)11-12-7-9-24-17(12)18/h3-6,11,19H,2,7-10H2,1H3. The number of anilines is 1. The monoisotopic (exact) mass is 361 g/mol. The summed E-state index contributed by atoms with van der Waals surface area (Å²) in [5, 5.41) is 0. The molecule has 2 aromatic rings. The van der Waals surface area contributed by atoms with E-state index in [1.54, 1.807) is 24.3 Å². The minimum Gasteiger partial charge on any atom is -0.493 e. The zero-order valence-corrected chi connectivity index (χ0v) is 14.7. The minimum absolute atomic E-state index is 0.196. The van der Waals surface area contributed by atoms with E-state index < -0.39 is 10.0 Å². The van der Waals surface area contributed by atoms with Crippen LogP contribution in [0.5, 0.6) is 17.2 Å². The fourth-order valence-electron chi connectivity index (χ4n) is 3.25. The first-order valence-corrected chi connectivity index (χ1v) is 9.77. The second-order valence-electron chi connectivity index (χ2n) is 5.90. The molecule has 0 radical (unpaired) electrons. The maximum Gasteiger partial charge on any atom is 0.266 e. The van der Waals surface area contributed by atoms with Crippen molar-refractivity contribution in [2.24, 2.45) is 0 Å². The summed E-state index contributed by atoms with van der Waals surface area (Å²) in [5.74, 6) is 1.59. The quantitative estimate of drug-likeness (QED) is 0.886. The molecule has 0 unspecified atom stereocenters. The van der Waals surface area contributed by atoms with Crippen molar-refractivity contribution >= 4 is 15.7 Å². The lowest BCUT2D eigenvalue weighted by molar-refractivity contribution is 0.342. The number of fused-ring (bicyclic) bond motifs is 2. The maximum absolute atomic E-state index is 13.2. The SMILES string of the molecule is CCOc1ccccc1NS(=O)(=O)c1c2c(cc3c1OCC3)OCC2. The van der Waals surface area contributed by atoms with E-state index in [9.17, 15) is 8.42 Å². The van der Waals surface area contributed by atoms with Crippen molar-refractivity contribution in [3.63, 3.8) is 0 Å². The van der Waals surface area contributed by atoms with Crippen LogP contribution in [-0.2, 0) is 22.9 Å². The van der Waals surface area contributed by atoms with Gasteiger partial charge < -0.3 is 14.2 Å². The topological polar surface area (TPSA) is 73.9 Å². The molecule has 1 N–H and O–H groups in total. The molecular formula is C18H19NO5S. The molecule has 0 bridgehead atoms.